The zero-order chi connectivity index (χ0) is 16.7. The highest BCUT2D eigenvalue weighted by Gasteiger charge is 2.51. The van der Waals surface area contributed by atoms with E-state index in [4.69, 9.17) is 0 Å². The molecule has 0 N–H and O–H groups in total. The third-order valence-corrected chi connectivity index (χ3v) is 6.69. The van der Waals surface area contributed by atoms with Crippen molar-refractivity contribution in [1.29, 1.82) is 0 Å². The lowest BCUT2D eigenvalue weighted by Gasteiger charge is -2.57. The second-order valence-electron chi connectivity index (χ2n) is 8.88. The van der Waals surface area contributed by atoms with Crippen molar-refractivity contribution in [2.75, 3.05) is 32.1 Å². The summed E-state index contributed by atoms with van der Waals surface area (Å²) < 4.78 is 0. The summed E-state index contributed by atoms with van der Waals surface area (Å²) in [6, 6.07) is 9.95. The largest absolute Gasteiger partial charge is 0.314 e. The van der Waals surface area contributed by atoms with Crippen molar-refractivity contribution >= 4 is 11.6 Å². The predicted octanol–water partition coefficient (Wildman–Crippen LogP) is 3.80. The van der Waals surface area contributed by atoms with E-state index >= 15 is 0 Å². The van der Waals surface area contributed by atoms with Crippen LogP contribution in [0, 0.1) is 23.2 Å². The van der Waals surface area contributed by atoms with Crippen LogP contribution in [0.15, 0.2) is 30.3 Å². The molecule has 4 aliphatic carbocycles. The lowest BCUT2D eigenvalue weighted by molar-refractivity contribution is -0.120. The summed E-state index contributed by atoms with van der Waals surface area (Å²) in [6.07, 6.45) is 8.68. The van der Waals surface area contributed by atoms with Crippen molar-refractivity contribution < 1.29 is 4.79 Å². The van der Waals surface area contributed by atoms with E-state index in [9.17, 15) is 4.79 Å². The quantitative estimate of drug-likeness (QED) is 0.822. The third-order valence-electron chi connectivity index (χ3n) is 6.69. The van der Waals surface area contributed by atoms with E-state index in [1.54, 1.807) is 4.90 Å². The van der Waals surface area contributed by atoms with E-state index in [2.05, 4.69) is 11.9 Å². The van der Waals surface area contributed by atoms with Gasteiger partial charge >= 0.3 is 0 Å². The molecular weight excluding hydrogens is 296 g/mol. The van der Waals surface area contributed by atoms with Gasteiger partial charge in [0.1, 0.15) is 0 Å². The number of rotatable bonds is 5. The van der Waals surface area contributed by atoms with Crippen LogP contribution in [0.5, 0.6) is 0 Å². The van der Waals surface area contributed by atoms with Gasteiger partial charge in [-0.25, -0.2) is 0 Å². The maximum atomic E-state index is 12.6. The Morgan fingerprint density at radius 1 is 1.00 bits per heavy atom. The fraction of sp³-hybridized carbons (Fsp3) is 0.667. The number of carbonyl (C=O) groups is 1. The Labute approximate surface area is 146 Å². The SMILES string of the molecule is CN(CC(=O)N(C)c1ccccc1)CC12CC3CC(CC(C3)C1)C2. The zero-order valence-corrected chi connectivity index (χ0v) is 15.1. The van der Waals surface area contributed by atoms with Crippen LogP contribution in [0.25, 0.3) is 0 Å². The monoisotopic (exact) mass is 326 g/mol. The molecule has 0 atom stereocenters. The first-order valence-electron chi connectivity index (χ1n) is 9.53. The van der Waals surface area contributed by atoms with Crippen molar-refractivity contribution in [1.82, 2.24) is 4.90 Å². The van der Waals surface area contributed by atoms with Crippen LogP contribution in [0.4, 0.5) is 5.69 Å². The molecule has 130 valence electrons. The molecule has 0 aliphatic heterocycles. The molecule has 4 aliphatic rings. The minimum absolute atomic E-state index is 0.188. The van der Waals surface area contributed by atoms with Crippen LogP contribution in [0.3, 0.4) is 0 Å². The molecule has 24 heavy (non-hydrogen) atoms. The summed E-state index contributed by atoms with van der Waals surface area (Å²) in [5, 5.41) is 0. The van der Waals surface area contributed by atoms with Crippen molar-refractivity contribution in [2.45, 2.75) is 38.5 Å². The highest BCUT2D eigenvalue weighted by Crippen LogP contribution is 2.60. The second kappa shape index (κ2) is 6.18. The van der Waals surface area contributed by atoms with E-state index in [1.807, 2.05) is 37.4 Å². The van der Waals surface area contributed by atoms with Crippen LogP contribution < -0.4 is 4.90 Å². The molecule has 0 heterocycles. The Hall–Kier alpha value is -1.35. The van der Waals surface area contributed by atoms with Gasteiger partial charge in [-0.15, -0.1) is 0 Å². The molecule has 5 rings (SSSR count). The molecule has 3 heteroatoms. The number of amides is 1. The molecule has 4 bridgehead atoms. The van der Waals surface area contributed by atoms with E-state index in [-0.39, 0.29) is 5.91 Å². The first-order valence-corrected chi connectivity index (χ1v) is 9.53. The van der Waals surface area contributed by atoms with Gasteiger partial charge in [0.2, 0.25) is 5.91 Å². The van der Waals surface area contributed by atoms with E-state index in [0.29, 0.717) is 12.0 Å². The number of likely N-dealkylation sites (N-methyl/N-ethyl adjacent to an activating group) is 2. The fourth-order valence-corrected chi connectivity index (χ4v) is 6.24. The second-order valence-corrected chi connectivity index (χ2v) is 8.88. The number of hydrogen-bond donors (Lipinski definition) is 0. The summed E-state index contributed by atoms with van der Waals surface area (Å²) in [4.78, 5) is 16.7. The number of benzene rings is 1. The van der Waals surface area contributed by atoms with Gasteiger partial charge in [-0.05, 0) is 80.9 Å². The molecule has 1 aromatic carbocycles. The molecule has 0 spiro atoms. The highest BCUT2D eigenvalue weighted by atomic mass is 16.2. The molecule has 4 fully saturated rings. The molecule has 0 aromatic heterocycles. The summed E-state index contributed by atoms with van der Waals surface area (Å²) in [5.74, 6) is 3.13. The number of anilines is 1. The van der Waals surface area contributed by atoms with E-state index in [0.717, 1.165) is 30.0 Å². The predicted molar refractivity (Wildman–Crippen MR) is 98.0 cm³/mol. The molecule has 0 radical (unpaired) electrons. The van der Waals surface area contributed by atoms with Gasteiger partial charge in [0, 0.05) is 19.3 Å². The number of para-hydroxylation sites is 1. The molecular formula is C21H30N2O. The maximum absolute atomic E-state index is 12.6. The summed E-state index contributed by atoms with van der Waals surface area (Å²) in [5.41, 5.74) is 1.49. The lowest BCUT2D eigenvalue weighted by Crippen LogP contribution is -2.51. The van der Waals surface area contributed by atoms with Gasteiger partial charge in [-0.2, -0.15) is 0 Å². The Kier molecular flexibility index (Phi) is 4.16. The van der Waals surface area contributed by atoms with Crippen molar-refractivity contribution in [2.24, 2.45) is 23.2 Å². The van der Waals surface area contributed by atoms with Gasteiger partial charge < -0.3 is 4.90 Å². The lowest BCUT2D eigenvalue weighted by atomic mass is 9.49. The van der Waals surface area contributed by atoms with Gasteiger partial charge in [0.25, 0.3) is 0 Å². The van der Waals surface area contributed by atoms with Gasteiger partial charge in [0.15, 0.2) is 0 Å². The Morgan fingerprint density at radius 2 is 1.54 bits per heavy atom. The maximum Gasteiger partial charge on any atom is 0.240 e. The standard InChI is InChI=1S/C21H30N2O/c1-22(14-20(24)23(2)19-6-4-3-5-7-19)15-21-11-16-8-17(12-21)10-18(9-16)13-21/h3-7,16-18H,8-15H2,1-2H3. The van der Waals surface area contributed by atoms with Crippen LogP contribution in [-0.4, -0.2) is 38.0 Å². The Morgan fingerprint density at radius 3 is 2.08 bits per heavy atom. The molecule has 0 saturated heterocycles. The van der Waals surface area contributed by atoms with Crippen LogP contribution in [0.2, 0.25) is 0 Å². The molecule has 1 amide bonds. The van der Waals surface area contributed by atoms with Gasteiger partial charge in [0.05, 0.1) is 6.54 Å². The average molecular weight is 326 g/mol. The zero-order valence-electron chi connectivity index (χ0n) is 15.1. The van der Waals surface area contributed by atoms with E-state index in [1.165, 1.54) is 38.5 Å². The highest BCUT2D eigenvalue weighted by molar-refractivity contribution is 5.94. The van der Waals surface area contributed by atoms with Crippen molar-refractivity contribution in [3.8, 4) is 0 Å². The third kappa shape index (κ3) is 3.11. The average Bonchev–Trinajstić information content (AvgIpc) is 2.53. The van der Waals surface area contributed by atoms with Gasteiger partial charge in [-0.1, -0.05) is 18.2 Å². The van der Waals surface area contributed by atoms with E-state index < -0.39 is 0 Å². The summed E-state index contributed by atoms with van der Waals surface area (Å²) in [7, 11) is 4.02. The first kappa shape index (κ1) is 16.1. The summed E-state index contributed by atoms with van der Waals surface area (Å²) in [6.45, 7) is 1.62. The molecule has 3 nitrogen and oxygen atoms in total. The van der Waals surface area contributed by atoms with Crippen LogP contribution in [-0.2, 0) is 4.79 Å². The van der Waals surface area contributed by atoms with Crippen molar-refractivity contribution in [3.63, 3.8) is 0 Å². The number of hydrogen-bond acceptors (Lipinski definition) is 2. The smallest absolute Gasteiger partial charge is 0.240 e. The fourth-order valence-electron chi connectivity index (χ4n) is 6.24. The normalized spacial score (nSPS) is 33.9. The molecule has 4 saturated carbocycles. The molecule has 1 aromatic rings. The number of nitrogens with zero attached hydrogens (tertiary/aromatic N) is 2. The first-order chi connectivity index (χ1) is 11.5. The minimum Gasteiger partial charge on any atom is -0.314 e. The Bertz CT molecular complexity index is 562. The Balaban J connectivity index is 1.37. The van der Waals surface area contributed by atoms with Crippen molar-refractivity contribution in [3.05, 3.63) is 30.3 Å². The molecule has 0 unspecified atom stereocenters. The van der Waals surface area contributed by atoms with Crippen LogP contribution in [0.1, 0.15) is 38.5 Å². The number of carbonyl (C=O) groups excluding carboxylic acids is 1. The summed E-state index contributed by atoms with van der Waals surface area (Å²) >= 11 is 0. The minimum atomic E-state index is 0.188. The topological polar surface area (TPSA) is 23.6 Å². The van der Waals surface area contributed by atoms with Crippen LogP contribution >= 0.6 is 0 Å². The van der Waals surface area contributed by atoms with Gasteiger partial charge in [-0.3, -0.25) is 9.69 Å².